The molecule has 1 aromatic carbocycles. The van der Waals surface area contributed by atoms with Gasteiger partial charge in [0.25, 0.3) is 0 Å². The van der Waals surface area contributed by atoms with Crippen LogP contribution in [0.1, 0.15) is 32.3 Å². The molecule has 118 valence electrons. The Morgan fingerprint density at radius 3 is 2.77 bits per heavy atom. The summed E-state index contributed by atoms with van der Waals surface area (Å²) in [6.07, 6.45) is 4.60. The number of benzene rings is 1. The molecule has 2 aromatic rings. The lowest BCUT2D eigenvalue weighted by Gasteiger charge is -2.28. The van der Waals surface area contributed by atoms with E-state index in [1.807, 2.05) is 19.1 Å². The minimum absolute atomic E-state index is 0.000125. The molecule has 2 N–H and O–H groups in total. The van der Waals surface area contributed by atoms with Gasteiger partial charge >= 0.3 is 0 Å². The first kappa shape index (κ1) is 15.1. The van der Waals surface area contributed by atoms with Crippen LogP contribution in [0.3, 0.4) is 0 Å². The summed E-state index contributed by atoms with van der Waals surface area (Å²) in [6, 6.07) is 8.18. The molecule has 1 amide bonds. The summed E-state index contributed by atoms with van der Waals surface area (Å²) < 4.78 is 2.17. The van der Waals surface area contributed by atoms with Crippen LogP contribution in [-0.2, 0) is 17.8 Å². The van der Waals surface area contributed by atoms with Crippen LogP contribution in [0.5, 0.6) is 0 Å². The van der Waals surface area contributed by atoms with Crippen molar-refractivity contribution in [3.8, 4) is 0 Å². The van der Waals surface area contributed by atoms with Crippen molar-refractivity contribution >= 4 is 16.8 Å². The fourth-order valence-electron chi connectivity index (χ4n) is 3.25. The van der Waals surface area contributed by atoms with E-state index in [1.54, 1.807) is 0 Å². The predicted octanol–water partition coefficient (Wildman–Crippen LogP) is 2.48. The molecule has 0 aliphatic heterocycles. The van der Waals surface area contributed by atoms with Crippen LogP contribution >= 0.6 is 0 Å². The highest BCUT2D eigenvalue weighted by Gasteiger charge is 2.42. The van der Waals surface area contributed by atoms with Gasteiger partial charge in [0, 0.05) is 23.6 Å². The quantitative estimate of drug-likeness (QED) is 0.861. The van der Waals surface area contributed by atoms with Crippen molar-refractivity contribution < 1.29 is 9.90 Å². The fourth-order valence-corrected chi connectivity index (χ4v) is 3.25. The Morgan fingerprint density at radius 2 is 2.14 bits per heavy atom. The Morgan fingerprint density at radius 1 is 1.41 bits per heavy atom. The second-order valence-corrected chi connectivity index (χ2v) is 6.53. The zero-order valence-corrected chi connectivity index (χ0v) is 13.3. The summed E-state index contributed by atoms with van der Waals surface area (Å²) in [4.78, 5) is 12.4. The van der Waals surface area contributed by atoms with Crippen molar-refractivity contribution in [2.45, 2.75) is 45.2 Å². The van der Waals surface area contributed by atoms with Crippen molar-refractivity contribution in [1.82, 2.24) is 9.88 Å². The molecule has 1 aliphatic rings. The van der Waals surface area contributed by atoms with E-state index in [2.05, 4.69) is 35.1 Å². The van der Waals surface area contributed by atoms with E-state index in [1.165, 1.54) is 5.52 Å². The number of nitrogens with one attached hydrogen (secondary N) is 1. The first-order valence-corrected chi connectivity index (χ1v) is 8.06. The highest BCUT2D eigenvalue weighted by Crippen LogP contribution is 2.39. The molecule has 3 rings (SSSR count). The zero-order valence-electron chi connectivity index (χ0n) is 13.3. The minimum Gasteiger partial charge on any atom is -0.394 e. The van der Waals surface area contributed by atoms with Gasteiger partial charge in [-0.2, -0.15) is 0 Å². The van der Waals surface area contributed by atoms with Gasteiger partial charge in [-0.05, 0) is 44.2 Å². The number of aromatic nitrogens is 1. The molecule has 1 unspecified atom stereocenters. The number of rotatable bonds is 6. The average Bonchev–Trinajstić information content (AvgIpc) is 3.32. The van der Waals surface area contributed by atoms with Crippen molar-refractivity contribution in [2.75, 3.05) is 6.61 Å². The molecule has 1 atom stereocenters. The number of hydrogen-bond acceptors (Lipinski definition) is 2. The summed E-state index contributed by atoms with van der Waals surface area (Å²) >= 11 is 0. The van der Waals surface area contributed by atoms with Crippen LogP contribution in [0.15, 0.2) is 30.5 Å². The lowest BCUT2D eigenvalue weighted by atomic mass is 9.96. The molecule has 1 aromatic heterocycles. The van der Waals surface area contributed by atoms with Gasteiger partial charge in [0.1, 0.15) is 0 Å². The molecule has 4 nitrogen and oxygen atoms in total. The molecule has 4 heteroatoms. The summed E-state index contributed by atoms with van der Waals surface area (Å²) in [5.74, 6) is 0.404. The monoisotopic (exact) mass is 300 g/mol. The van der Waals surface area contributed by atoms with E-state index in [0.29, 0.717) is 12.3 Å². The van der Waals surface area contributed by atoms with Crippen LogP contribution < -0.4 is 5.32 Å². The smallest absolute Gasteiger partial charge is 0.225 e. The number of aryl methyl sites for hydroxylation is 1. The van der Waals surface area contributed by atoms with Crippen LogP contribution in [0.4, 0.5) is 0 Å². The summed E-state index contributed by atoms with van der Waals surface area (Å²) in [6.45, 7) is 4.93. The van der Waals surface area contributed by atoms with Gasteiger partial charge in [-0.1, -0.05) is 18.2 Å². The Hall–Kier alpha value is -1.81. The van der Waals surface area contributed by atoms with Crippen LogP contribution in [0.2, 0.25) is 0 Å². The second-order valence-electron chi connectivity index (χ2n) is 6.53. The second kappa shape index (κ2) is 5.76. The Bertz CT molecular complexity index is 687. The van der Waals surface area contributed by atoms with E-state index in [0.717, 1.165) is 30.3 Å². The van der Waals surface area contributed by atoms with Gasteiger partial charge in [0.2, 0.25) is 5.91 Å². The first-order valence-electron chi connectivity index (χ1n) is 8.06. The Balaban J connectivity index is 1.79. The van der Waals surface area contributed by atoms with Gasteiger partial charge in [0.15, 0.2) is 0 Å². The summed E-state index contributed by atoms with van der Waals surface area (Å²) in [5.41, 5.74) is 1.74. The van der Waals surface area contributed by atoms with Crippen LogP contribution in [0, 0.1) is 5.92 Å². The lowest BCUT2D eigenvalue weighted by molar-refractivity contribution is -0.123. The predicted molar refractivity (Wildman–Crippen MR) is 87.7 cm³/mol. The van der Waals surface area contributed by atoms with Crippen molar-refractivity contribution in [3.63, 3.8) is 0 Å². The number of carbonyl (C=O) groups is 1. The highest BCUT2D eigenvalue weighted by molar-refractivity contribution is 5.89. The maximum atomic E-state index is 12.4. The van der Waals surface area contributed by atoms with Crippen molar-refractivity contribution in [1.29, 1.82) is 0 Å². The SMILES string of the molecule is CCn1cc(CC(=O)NC(C)(CO)C2CC2)c2ccccc21. The molecule has 1 heterocycles. The van der Waals surface area contributed by atoms with E-state index in [9.17, 15) is 9.90 Å². The van der Waals surface area contributed by atoms with Gasteiger partial charge in [-0.25, -0.2) is 0 Å². The molecule has 0 saturated heterocycles. The highest BCUT2D eigenvalue weighted by atomic mass is 16.3. The standard InChI is InChI=1S/C18H24N2O2/c1-3-20-11-13(15-6-4-5-7-16(15)20)10-17(22)19-18(2,12-21)14-8-9-14/h4-7,11,14,21H,3,8-10,12H2,1-2H3,(H,19,22). The summed E-state index contributed by atoms with van der Waals surface area (Å²) in [7, 11) is 0. The fraction of sp³-hybridized carbons (Fsp3) is 0.500. The molecule has 1 fully saturated rings. The number of aliphatic hydroxyl groups excluding tert-OH is 1. The first-order chi connectivity index (χ1) is 10.6. The third-order valence-corrected chi connectivity index (χ3v) is 4.79. The maximum absolute atomic E-state index is 12.4. The summed E-state index contributed by atoms with van der Waals surface area (Å²) in [5, 5.41) is 13.8. The third-order valence-electron chi connectivity index (χ3n) is 4.79. The van der Waals surface area contributed by atoms with Gasteiger partial charge in [-0.3, -0.25) is 4.79 Å². The molecule has 22 heavy (non-hydrogen) atoms. The molecule has 1 saturated carbocycles. The van der Waals surface area contributed by atoms with E-state index in [-0.39, 0.29) is 12.5 Å². The number of para-hydroxylation sites is 1. The van der Waals surface area contributed by atoms with E-state index < -0.39 is 5.54 Å². The third kappa shape index (κ3) is 2.75. The number of aliphatic hydroxyl groups is 1. The Kier molecular flexibility index (Phi) is 3.96. The van der Waals surface area contributed by atoms with Gasteiger partial charge < -0.3 is 15.0 Å². The van der Waals surface area contributed by atoms with E-state index >= 15 is 0 Å². The lowest BCUT2D eigenvalue weighted by Crippen LogP contribution is -2.51. The van der Waals surface area contributed by atoms with Crippen molar-refractivity contribution in [3.05, 3.63) is 36.0 Å². The van der Waals surface area contributed by atoms with Crippen LogP contribution in [-0.4, -0.2) is 27.7 Å². The number of nitrogens with zero attached hydrogens (tertiary/aromatic N) is 1. The molecule has 0 spiro atoms. The molecule has 1 aliphatic carbocycles. The van der Waals surface area contributed by atoms with Gasteiger partial charge in [0.05, 0.1) is 18.6 Å². The average molecular weight is 300 g/mol. The molecule has 0 radical (unpaired) electrons. The molecular formula is C18H24N2O2. The topological polar surface area (TPSA) is 54.3 Å². The number of carbonyl (C=O) groups excluding carboxylic acids is 1. The van der Waals surface area contributed by atoms with Gasteiger partial charge in [-0.15, -0.1) is 0 Å². The zero-order chi connectivity index (χ0) is 15.7. The molecular weight excluding hydrogens is 276 g/mol. The largest absolute Gasteiger partial charge is 0.394 e. The number of hydrogen-bond donors (Lipinski definition) is 2. The number of amides is 1. The number of fused-ring (bicyclic) bond motifs is 1. The maximum Gasteiger partial charge on any atom is 0.225 e. The normalized spacial score (nSPS) is 17.4. The van der Waals surface area contributed by atoms with E-state index in [4.69, 9.17) is 0 Å². The van der Waals surface area contributed by atoms with Crippen LogP contribution in [0.25, 0.3) is 10.9 Å². The minimum atomic E-state index is -0.472. The molecule has 0 bridgehead atoms. The Labute approximate surface area is 131 Å². The van der Waals surface area contributed by atoms with Crippen molar-refractivity contribution in [2.24, 2.45) is 5.92 Å².